The minimum atomic E-state index is -3.83. The molecular formula is C34H54ClNO8SSi. The number of amides is 1. The van der Waals surface area contributed by atoms with E-state index in [-0.39, 0.29) is 30.4 Å². The topological polar surface area (TPSA) is 109 Å². The van der Waals surface area contributed by atoms with Crippen molar-refractivity contribution in [3.05, 3.63) is 58.6 Å². The van der Waals surface area contributed by atoms with Crippen LogP contribution < -0.4 is 14.8 Å². The van der Waals surface area contributed by atoms with E-state index < -0.39 is 35.7 Å². The second kappa shape index (κ2) is 16.7. The number of halogens is 1. The standard InChI is InChI=1S/C34H54ClNO8SSi/c1-11-42-45(38,39)23-21-34(36-31(37)44-32(2,3)4,25-43-46(9,10)33(5,6)7)20-18-27-14-17-29(24-30(27)35)41-22-19-26-12-15-28(40-8)16-13-26/h12-17,24H,11,18-23,25H2,1-10H3,(H,36,37). The number of hydrogen-bond donors (Lipinski definition) is 1. The molecule has 0 aliphatic rings. The molecule has 0 heterocycles. The number of carbonyl (C=O) groups excluding carboxylic acids is 1. The van der Waals surface area contributed by atoms with Gasteiger partial charge in [0.25, 0.3) is 10.1 Å². The van der Waals surface area contributed by atoms with Crippen LogP contribution >= 0.6 is 11.6 Å². The molecular weight excluding hydrogens is 646 g/mol. The van der Waals surface area contributed by atoms with E-state index in [1.807, 2.05) is 36.4 Å². The second-order valence-electron chi connectivity index (χ2n) is 14.1. The second-order valence-corrected chi connectivity index (χ2v) is 21.1. The van der Waals surface area contributed by atoms with Gasteiger partial charge in [0.1, 0.15) is 17.1 Å². The Labute approximate surface area is 282 Å². The molecule has 1 atom stereocenters. The summed E-state index contributed by atoms with van der Waals surface area (Å²) in [7, 11) is -4.49. The van der Waals surface area contributed by atoms with E-state index in [4.69, 9.17) is 34.4 Å². The van der Waals surface area contributed by atoms with Crippen molar-refractivity contribution in [2.75, 3.05) is 32.7 Å². The van der Waals surface area contributed by atoms with Crippen LogP contribution in [-0.4, -0.2) is 66.7 Å². The Morgan fingerprint density at radius 2 is 1.57 bits per heavy atom. The molecule has 2 aromatic rings. The number of methoxy groups -OCH3 is 1. The van der Waals surface area contributed by atoms with E-state index in [9.17, 15) is 13.2 Å². The van der Waals surface area contributed by atoms with Gasteiger partial charge in [-0.05, 0) is 100 Å². The van der Waals surface area contributed by atoms with Crippen molar-refractivity contribution in [2.45, 2.75) is 103 Å². The molecule has 1 unspecified atom stereocenters. The van der Waals surface area contributed by atoms with Gasteiger partial charge in [0.15, 0.2) is 8.32 Å². The molecule has 1 N–H and O–H groups in total. The van der Waals surface area contributed by atoms with Crippen molar-refractivity contribution in [3.8, 4) is 11.5 Å². The van der Waals surface area contributed by atoms with Crippen molar-refractivity contribution in [3.63, 3.8) is 0 Å². The van der Waals surface area contributed by atoms with Gasteiger partial charge in [-0.3, -0.25) is 4.18 Å². The van der Waals surface area contributed by atoms with Gasteiger partial charge in [-0.25, -0.2) is 4.79 Å². The Balaban J connectivity index is 2.30. The van der Waals surface area contributed by atoms with Gasteiger partial charge in [0.2, 0.25) is 0 Å². The molecule has 260 valence electrons. The molecule has 0 saturated carbocycles. The van der Waals surface area contributed by atoms with Crippen LogP contribution in [0.3, 0.4) is 0 Å². The van der Waals surface area contributed by atoms with Crippen LogP contribution in [0.25, 0.3) is 0 Å². The molecule has 0 saturated heterocycles. The minimum absolute atomic E-state index is 0.0272. The van der Waals surface area contributed by atoms with Gasteiger partial charge in [-0.15, -0.1) is 0 Å². The fourth-order valence-electron chi connectivity index (χ4n) is 4.32. The molecule has 1 amide bonds. The largest absolute Gasteiger partial charge is 0.497 e. The maximum absolute atomic E-state index is 13.2. The van der Waals surface area contributed by atoms with Crippen LogP contribution in [0.1, 0.15) is 72.4 Å². The highest BCUT2D eigenvalue weighted by Crippen LogP contribution is 2.38. The third-order valence-corrected chi connectivity index (χ3v) is 14.3. The van der Waals surface area contributed by atoms with Gasteiger partial charge < -0.3 is 24.0 Å². The van der Waals surface area contributed by atoms with Crippen molar-refractivity contribution >= 4 is 36.1 Å². The van der Waals surface area contributed by atoms with Crippen LogP contribution in [0.2, 0.25) is 23.2 Å². The molecule has 0 bridgehead atoms. The normalized spacial score (nSPS) is 14.0. The summed E-state index contributed by atoms with van der Waals surface area (Å²) in [5, 5.41) is 3.43. The number of nitrogens with one attached hydrogen (secondary N) is 1. The van der Waals surface area contributed by atoms with E-state index in [2.05, 4.69) is 39.2 Å². The summed E-state index contributed by atoms with van der Waals surface area (Å²) in [6.07, 6.45) is 0.928. The first-order valence-electron chi connectivity index (χ1n) is 15.8. The molecule has 2 rings (SSSR count). The van der Waals surface area contributed by atoms with Gasteiger partial charge in [-0.1, -0.05) is 50.6 Å². The number of benzene rings is 2. The van der Waals surface area contributed by atoms with Crippen LogP contribution in [0.4, 0.5) is 4.79 Å². The lowest BCUT2D eigenvalue weighted by atomic mass is 9.89. The minimum Gasteiger partial charge on any atom is -0.497 e. The van der Waals surface area contributed by atoms with E-state index in [0.717, 1.165) is 23.3 Å². The zero-order valence-corrected chi connectivity index (χ0v) is 31.8. The molecule has 12 heteroatoms. The molecule has 0 aromatic heterocycles. The average Bonchev–Trinajstić information content (AvgIpc) is 2.93. The Hall–Kier alpha value is -2.31. The monoisotopic (exact) mass is 699 g/mol. The van der Waals surface area contributed by atoms with E-state index >= 15 is 0 Å². The molecule has 0 spiro atoms. The highest BCUT2D eigenvalue weighted by molar-refractivity contribution is 7.86. The highest BCUT2D eigenvalue weighted by atomic mass is 35.5. The number of ether oxygens (including phenoxy) is 3. The van der Waals surface area contributed by atoms with Crippen molar-refractivity contribution in [2.24, 2.45) is 0 Å². The van der Waals surface area contributed by atoms with Crippen molar-refractivity contribution < 1.29 is 36.0 Å². The SMILES string of the molecule is CCOS(=O)(=O)CCC(CCc1ccc(OCCc2ccc(OC)cc2)cc1Cl)(CO[Si](C)(C)C(C)(C)C)NC(=O)OC(C)(C)C. The maximum atomic E-state index is 13.2. The molecule has 0 fully saturated rings. The fraction of sp³-hybridized carbons (Fsp3) is 0.618. The summed E-state index contributed by atoms with van der Waals surface area (Å²) in [4.78, 5) is 13.2. The molecule has 46 heavy (non-hydrogen) atoms. The van der Waals surface area contributed by atoms with E-state index in [1.165, 1.54) is 0 Å². The molecule has 0 radical (unpaired) electrons. The summed E-state index contributed by atoms with van der Waals surface area (Å²) in [5.74, 6) is 1.15. The fourth-order valence-corrected chi connectivity index (χ4v) is 6.77. The summed E-state index contributed by atoms with van der Waals surface area (Å²) in [5.41, 5.74) is 0.127. The van der Waals surface area contributed by atoms with Crippen LogP contribution in [0.5, 0.6) is 11.5 Å². The number of carbonyl (C=O) groups is 1. The number of rotatable bonds is 17. The molecule has 9 nitrogen and oxygen atoms in total. The van der Waals surface area contributed by atoms with Crippen LogP contribution in [0.15, 0.2) is 42.5 Å². The number of hydrogen-bond acceptors (Lipinski definition) is 8. The molecule has 2 aromatic carbocycles. The first-order chi connectivity index (χ1) is 21.2. The summed E-state index contributed by atoms with van der Waals surface area (Å²) >= 11 is 6.73. The summed E-state index contributed by atoms with van der Waals surface area (Å²) in [6.45, 7) is 18.2. The first kappa shape index (κ1) is 39.9. The predicted molar refractivity (Wildman–Crippen MR) is 187 cm³/mol. The van der Waals surface area contributed by atoms with Gasteiger partial charge >= 0.3 is 6.09 Å². The Kier molecular flexibility index (Phi) is 14.5. The van der Waals surface area contributed by atoms with Gasteiger partial charge in [0.05, 0.1) is 38.2 Å². The van der Waals surface area contributed by atoms with Crippen molar-refractivity contribution in [1.29, 1.82) is 0 Å². The lowest BCUT2D eigenvalue weighted by Crippen LogP contribution is -2.57. The Morgan fingerprint density at radius 3 is 2.11 bits per heavy atom. The lowest BCUT2D eigenvalue weighted by molar-refractivity contribution is 0.0388. The Morgan fingerprint density at radius 1 is 0.935 bits per heavy atom. The average molecular weight is 700 g/mol. The first-order valence-corrected chi connectivity index (χ1v) is 20.6. The van der Waals surface area contributed by atoms with Crippen molar-refractivity contribution in [1.82, 2.24) is 5.32 Å². The third-order valence-electron chi connectivity index (χ3n) is 8.13. The Bertz CT molecular complexity index is 1370. The zero-order valence-electron chi connectivity index (χ0n) is 29.3. The third kappa shape index (κ3) is 13.4. The van der Waals surface area contributed by atoms with Crippen LogP contribution in [-0.2, 0) is 36.3 Å². The molecule has 0 aliphatic heterocycles. The zero-order chi connectivity index (χ0) is 34.8. The smallest absolute Gasteiger partial charge is 0.408 e. The van der Waals surface area contributed by atoms with E-state index in [0.29, 0.717) is 30.2 Å². The van der Waals surface area contributed by atoms with E-state index in [1.54, 1.807) is 40.9 Å². The quantitative estimate of drug-likeness (QED) is 0.131. The predicted octanol–water partition coefficient (Wildman–Crippen LogP) is 7.94. The van der Waals surface area contributed by atoms with Gasteiger partial charge in [-0.2, -0.15) is 8.42 Å². The highest BCUT2D eigenvalue weighted by Gasteiger charge is 2.42. The lowest BCUT2D eigenvalue weighted by Gasteiger charge is -2.42. The summed E-state index contributed by atoms with van der Waals surface area (Å²) in [6, 6.07) is 13.4. The van der Waals surface area contributed by atoms with Gasteiger partial charge in [0, 0.05) is 11.4 Å². The summed E-state index contributed by atoms with van der Waals surface area (Å²) < 4.78 is 53.8. The molecule has 0 aliphatic carbocycles. The number of aryl methyl sites for hydroxylation is 1. The number of alkyl carbamates (subject to hydrolysis) is 1. The maximum Gasteiger partial charge on any atom is 0.408 e. The van der Waals surface area contributed by atoms with Crippen LogP contribution in [0, 0.1) is 0 Å².